The van der Waals surface area contributed by atoms with Crippen molar-refractivity contribution in [3.05, 3.63) is 24.0 Å². The van der Waals surface area contributed by atoms with Crippen LogP contribution in [0.2, 0.25) is 0 Å². The van der Waals surface area contributed by atoms with Gasteiger partial charge in [0.1, 0.15) is 0 Å². The van der Waals surface area contributed by atoms with Crippen LogP contribution in [-0.2, 0) is 4.79 Å². The number of carboxylic acid groups (broad SMARTS) is 1. The lowest BCUT2D eigenvalue weighted by Crippen LogP contribution is -2.33. The van der Waals surface area contributed by atoms with Gasteiger partial charge in [0.05, 0.1) is 17.7 Å². The van der Waals surface area contributed by atoms with Crippen molar-refractivity contribution < 1.29 is 14.7 Å². The Morgan fingerprint density at radius 1 is 1.35 bits per heavy atom. The van der Waals surface area contributed by atoms with Crippen LogP contribution in [0.5, 0.6) is 0 Å². The Morgan fingerprint density at radius 3 is 2.78 bits per heavy atom. The van der Waals surface area contributed by atoms with Gasteiger partial charge >= 0.3 is 5.97 Å². The zero-order valence-electron chi connectivity index (χ0n) is 13.2. The van der Waals surface area contributed by atoms with Crippen LogP contribution in [-0.4, -0.2) is 37.8 Å². The second kappa shape index (κ2) is 5.98. The van der Waals surface area contributed by atoms with E-state index in [1.807, 2.05) is 18.5 Å². The number of hydrogen-bond donors (Lipinski definition) is 2. The Hall–Kier alpha value is -2.44. The summed E-state index contributed by atoms with van der Waals surface area (Å²) in [5, 5.41) is 17.0. The van der Waals surface area contributed by atoms with Crippen molar-refractivity contribution in [2.24, 2.45) is 5.92 Å². The van der Waals surface area contributed by atoms with Crippen LogP contribution in [0.1, 0.15) is 49.5 Å². The van der Waals surface area contributed by atoms with Gasteiger partial charge in [-0.3, -0.25) is 9.59 Å². The minimum Gasteiger partial charge on any atom is -0.481 e. The maximum absolute atomic E-state index is 12.3. The highest BCUT2D eigenvalue weighted by atomic mass is 16.4. The molecule has 0 spiro atoms. The summed E-state index contributed by atoms with van der Waals surface area (Å²) in [6.07, 6.45) is 5.04. The zero-order chi connectivity index (χ0) is 16.6. The van der Waals surface area contributed by atoms with E-state index in [0.717, 1.165) is 11.0 Å². The average Bonchev–Trinajstić information content (AvgIpc) is 3.12. The number of hydrogen-bond acceptors (Lipinski definition) is 4. The summed E-state index contributed by atoms with van der Waals surface area (Å²) in [5.41, 5.74) is 1.22. The van der Waals surface area contributed by atoms with Crippen molar-refractivity contribution in [1.29, 1.82) is 0 Å². The molecule has 2 N–H and O–H groups in total. The molecule has 1 aliphatic carbocycles. The van der Waals surface area contributed by atoms with Gasteiger partial charge in [-0.1, -0.05) is 0 Å². The molecule has 2 aromatic rings. The first-order valence-electron chi connectivity index (χ1n) is 7.82. The van der Waals surface area contributed by atoms with Crippen LogP contribution in [0.15, 0.2) is 18.5 Å². The van der Waals surface area contributed by atoms with Gasteiger partial charge in [0.25, 0.3) is 5.91 Å². The summed E-state index contributed by atoms with van der Waals surface area (Å²) >= 11 is 0. The molecule has 0 bridgehead atoms. The fourth-order valence-corrected chi connectivity index (χ4v) is 3.05. The zero-order valence-corrected chi connectivity index (χ0v) is 13.2. The Balaban J connectivity index is 1.73. The SMILES string of the molecule is CC(C)n1ncc2cc(C(=O)N[C@H]3CC[C@@H](C(=O)O)C3)cnc21. The first-order chi connectivity index (χ1) is 11.0. The van der Waals surface area contributed by atoms with E-state index < -0.39 is 5.97 Å². The van der Waals surface area contributed by atoms with Gasteiger partial charge in [-0.2, -0.15) is 5.10 Å². The molecule has 0 aromatic carbocycles. The Labute approximate surface area is 133 Å². The number of nitrogens with zero attached hydrogens (tertiary/aromatic N) is 3. The molecule has 2 atom stereocenters. The number of carbonyl (C=O) groups excluding carboxylic acids is 1. The summed E-state index contributed by atoms with van der Waals surface area (Å²) < 4.78 is 1.81. The topological polar surface area (TPSA) is 97.1 Å². The maximum Gasteiger partial charge on any atom is 0.306 e. The first-order valence-corrected chi connectivity index (χ1v) is 7.82. The molecule has 2 aromatic heterocycles. The number of carboxylic acids is 1. The predicted molar refractivity (Wildman–Crippen MR) is 84.1 cm³/mol. The number of aromatic nitrogens is 3. The van der Waals surface area contributed by atoms with E-state index in [1.54, 1.807) is 18.5 Å². The van der Waals surface area contributed by atoms with Crippen LogP contribution >= 0.6 is 0 Å². The molecular weight excluding hydrogens is 296 g/mol. The van der Waals surface area contributed by atoms with Gasteiger partial charge in [0.15, 0.2) is 5.65 Å². The maximum atomic E-state index is 12.3. The van der Waals surface area contributed by atoms with Crippen LogP contribution < -0.4 is 5.32 Å². The molecule has 1 aliphatic rings. The molecule has 2 heterocycles. The highest BCUT2D eigenvalue weighted by Crippen LogP contribution is 2.26. The number of nitrogens with one attached hydrogen (secondary N) is 1. The molecule has 7 heteroatoms. The van der Waals surface area contributed by atoms with Crippen LogP contribution in [0.3, 0.4) is 0 Å². The monoisotopic (exact) mass is 316 g/mol. The Morgan fingerprint density at radius 2 is 2.13 bits per heavy atom. The molecule has 0 aliphatic heterocycles. The van der Waals surface area contributed by atoms with E-state index in [2.05, 4.69) is 15.4 Å². The number of aliphatic carboxylic acids is 1. The number of carbonyl (C=O) groups is 2. The van der Waals surface area contributed by atoms with Crippen LogP contribution in [0.25, 0.3) is 11.0 Å². The smallest absolute Gasteiger partial charge is 0.306 e. The fourth-order valence-electron chi connectivity index (χ4n) is 3.05. The van der Waals surface area contributed by atoms with Crippen molar-refractivity contribution in [3.8, 4) is 0 Å². The lowest BCUT2D eigenvalue weighted by atomic mass is 10.1. The minimum atomic E-state index is -0.786. The fraction of sp³-hybridized carbons (Fsp3) is 0.500. The van der Waals surface area contributed by atoms with E-state index in [4.69, 9.17) is 5.11 Å². The Bertz CT molecular complexity index is 753. The predicted octanol–water partition coefficient (Wildman–Crippen LogP) is 2.00. The van der Waals surface area contributed by atoms with Crippen LogP contribution in [0, 0.1) is 5.92 Å². The summed E-state index contributed by atoms with van der Waals surface area (Å²) in [6.45, 7) is 4.04. The third kappa shape index (κ3) is 3.04. The number of pyridine rings is 1. The Kier molecular flexibility index (Phi) is 4.02. The van der Waals surface area contributed by atoms with Gasteiger partial charge in [0, 0.05) is 23.7 Å². The van der Waals surface area contributed by atoms with Gasteiger partial charge in [-0.15, -0.1) is 0 Å². The molecule has 0 unspecified atom stereocenters. The summed E-state index contributed by atoms with van der Waals surface area (Å²) in [5.74, 6) is -1.36. The summed E-state index contributed by atoms with van der Waals surface area (Å²) in [4.78, 5) is 27.7. The molecule has 1 fully saturated rings. The van der Waals surface area contributed by atoms with Gasteiger partial charge < -0.3 is 10.4 Å². The quantitative estimate of drug-likeness (QED) is 0.899. The summed E-state index contributed by atoms with van der Waals surface area (Å²) in [6, 6.07) is 1.89. The second-order valence-corrected chi connectivity index (χ2v) is 6.34. The third-order valence-corrected chi connectivity index (χ3v) is 4.30. The standard InChI is InChI=1S/C16H20N4O3/c1-9(2)20-14-11(8-18-20)5-12(7-17-14)15(21)19-13-4-3-10(6-13)16(22)23/h5,7-10,13H,3-4,6H2,1-2H3,(H,19,21)(H,22,23)/t10-,13+/m1/s1. The van der Waals surface area contributed by atoms with E-state index in [0.29, 0.717) is 24.8 Å². The lowest BCUT2D eigenvalue weighted by molar-refractivity contribution is -0.141. The molecule has 7 nitrogen and oxygen atoms in total. The molecular formula is C16H20N4O3. The molecule has 0 saturated heterocycles. The number of amides is 1. The summed E-state index contributed by atoms with van der Waals surface area (Å²) in [7, 11) is 0. The van der Waals surface area contributed by atoms with E-state index in [-0.39, 0.29) is 23.9 Å². The molecule has 122 valence electrons. The van der Waals surface area contributed by atoms with Crippen molar-refractivity contribution in [1.82, 2.24) is 20.1 Å². The second-order valence-electron chi connectivity index (χ2n) is 6.34. The normalized spacial score (nSPS) is 21.0. The van der Waals surface area contributed by atoms with Gasteiger partial charge in [-0.05, 0) is 39.2 Å². The highest BCUT2D eigenvalue weighted by Gasteiger charge is 2.30. The molecule has 1 amide bonds. The van der Waals surface area contributed by atoms with Crippen LogP contribution in [0.4, 0.5) is 0 Å². The highest BCUT2D eigenvalue weighted by molar-refractivity contribution is 5.97. The van der Waals surface area contributed by atoms with Gasteiger partial charge in [-0.25, -0.2) is 9.67 Å². The molecule has 0 radical (unpaired) electrons. The molecule has 1 saturated carbocycles. The van der Waals surface area contributed by atoms with Gasteiger partial charge in [0.2, 0.25) is 0 Å². The van der Waals surface area contributed by atoms with Crippen molar-refractivity contribution in [3.63, 3.8) is 0 Å². The van der Waals surface area contributed by atoms with E-state index in [9.17, 15) is 9.59 Å². The van der Waals surface area contributed by atoms with Crippen molar-refractivity contribution in [2.45, 2.75) is 45.2 Å². The largest absolute Gasteiger partial charge is 0.481 e. The van der Waals surface area contributed by atoms with E-state index in [1.165, 1.54) is 0 Å². The third-order valence-electron chi connectivity index (χ3n) is 4.30. The average molecular weight is 316 g/mol. The minimum absolute atomic E-state index is 0.0855. The van der Waals surface area contributed by atoms with E-state index >= 15 is 0 Å². The lowest BCUT2D eigenvalue weighted by Gasteiger charge is -2.12. The number of rotatable bonds is 4. The van der Waals surface area contributed by atoms with Crippen molar-refractivity contribution >= 4 is 22.9 Å². The molecule has 3 rings (SSSR count). The number of fused-ring (bicyclic) bond motifs is 1. The molecule has 23 heavy (non-hydrogen) atoms. The first kappa shape index (κ1) is 15.5. The van der Waals surface area contributed by atoms with Crippen molar-refractivity contribution in [2.75, 3.05) is 0 Å².